The second-order valence-corrected chi connectivity index (χ2v) is 8.47. The first-order valence-electron chi connectivity index (χ1n) is 9.90. The lowest BCUT2D eigenvalue weighted by molar-refractivity contribution is 0.0632. The number of H-pyrrole nitrogens is 1. The molecule has 1 aliphatic heterocycles. The predicted octanol–water partition coefficient (Wildman–Crippen LogP) is 1.81. The number of nitrogens with zero attached hydrogens (tertiary/aromatic N) is 4. The van der Waals surface area contributed by atoms with Crippen molar-refractivity contribution in [3.63, 3.8) is 0 Å². The minimum Gasteiger partial charge on any atom is -0.338 e. The van der Waals surface area contributed by atoms with Crippen molar-refractivity contribution in [1.29, 1.82) is 0 Å². The summed E-state index contributed by atoms with van der Waals surface area (Å²) in [6, 6.07) is 0. The zero-order valence-corrected chi connectivity index (χ0v) is 15.9. The standard InChI is InChI=1S/C20H25N5O2/c1-12-15(10-24(2)23-12)19(27)25-9-3-7-20(11-25)8-6-14-16(20)21-17(13-4-5-13)22-18(14)26/h10,13H,3-9,11H2,1-2H3,(H,21,22,26). The molecule has 1 saturated carbocycles. The minimum atomic E-state index is -0.169. The summed E-state index contributed by atoms with van der Waals surface area (Å²) in [6.45, 7) is 3.28. The third kappa shape index (κ3) is 2.63. The number of carbonyl (C=O) groups is 1. The van der Waals surface area contributed by atoms with E-state index in [0.717, 1.165) is 67.8 Å². The van der Waals surface area contributed by atoms with Crippen LogP contribution in [0, 0.1) is 6.92 Å². The summed E-state index contributed by atoms with van der Waals surface area (Å²) in [6.07, 6.45) is 7.63. The highest BCUT2D eigenvalue weighted by molar-refractivity contribution is 5.95. The Morgan fingerprint density at radius 2 is 2.15 bits per heavy atom. The fraction of sp³-hybridized carbons (Fsp3) is 0.600. The number of aromatic amines is 1. The summed E-state index contributed by atoms with van der Waals surface area (Å²) in [4.78, 5) is 35.6. The summed E-state index contributed by atoms with van der Waals surface area (Å²) in [7, 11) is 1.84. The predicted molar refractivity (Wildman–Crippen MR) is 99.9 cm³/mol. The SMILES string of the molecule is Cc1nn(C)cc1C(=O)N1CCCC2(CCc3c2nc(C2CC2)[nH]c3=O)C1. The van der Waals surface area contributed by atoms with Crippen molar-refractivity contribution in [2.45, 2.75) is 56.8 Å². The van der Waals surface area contributed by atoms with Crippen LogP contribution in [-0.2, 0) is 18.9 Å². The molecule has 1 spiro atoms. The Hall–Kier alpha value is -2.44. The molecular formula is C20H25N5O2. The number of amides is 1. The van der Waals surface area contributed by atoms with Gasteiger partial charge < -0.3 is 9.88 Å². The molecule has 3 heterocycles. The molecule has 142 valence electrons. The fourth-order valence-electron chi connectivity index (χ4n) is 4.90. The molecule has 2 fully saturated rings. The van der Waals surface area contributed by atoms with E-state index in [0.29, 0.717) is 18.0 Å². The van der Waals surface area contributed by atoms with Crippen molar-refractivity contribution in [3.8, 4) is 0 Å². The highest BCUT2D eigenvalue weighted by Gasteiger charge is 2.46. The van der Waals surface area contributed by atoms with Gasteiger partial charge in [0.2, 0.25) is 0 Å². The minimum absolute atomic E-state index is 0.0327. The molecule has 27 heavy (non-hydrogen) atoms. The average Bonchev–Trinajstić information content (AvgIpc) is 3.37. The van der Waals surface area contributed by atoms with Crippen LogP contribution >= 0.6 is 0 Å². The molecule has 3 aliphatic rings. The van der Waals surface area contributed by atoms with Gasteiger partial charge in [-0.05, 0) is 45.4 Å². The largest absolute Gasteiger partial charge is 0.338 e. The van der Waals surface area contributed by atoms with Crippen LogP contribution in [0.25, 0.3) is 0 Å². The van der Waals surface area contributed by atoms with Crippen LogP contribution in [-0.4, -0.2) is 43.6 Å². The maximum Gasteiger partial charge on any atom is 0.257 e. The van der Waals surface area contributed by atoms with Gasteiger partial charge in [0.1, 0.15) is 5.82 Å². The number of carbonyl (C=O) groups excluding carboxylic acids is 1. The lowest BCUT2D eigenvalue weighted by Crippen LogP contribution is -2.48. The van der Waals surface area contributed by atoms with Gasteiger partial charge in [-0.25, -0.2) is 4.98 Å². The lowest BCUT2D eigenvalue weighted by Gasteiger charge is -2.40. The molecule has 2 aromatic rings. The maximum absolute atomic E-state index is 13.1. The molecule has 2 aliphatic carbocycles. The first kappa shape index (κ1) is 16.7. The van der Waals surface area contributed by atoms with Crippen LogP contribution in [0.1, 0.15) is 71.2 Å². The lowest BCUT2D eigenvalue weighted by atomic mass is 9.77. The van der Waals surface area contributed by atoms with E-state index in [9.17, 15) is 9.59 Å². The molecule has 7 heteroatoms. The van der Waals surface area contributed by atoms with Crippen LogP contribution in [0.4, 0.5) is 0 Å². The number of hydrogen-bond donors (Lipinski definition) is 1. The van der Waals surface area contributed by atoms with Gasteiger partial charge in [0.25, 0.3) is 11.5 Å². The molecule has 0 aromatic carbocycles. The van der Waals surface area contributed by atoms with Crippen LogP contribution in [0.3, 0.4) is 0 Å². The van der Waals surface area contributed by atoms with E-state index in [-0.39, 0.29) is 16.9 Å². The van der Waals surface area contributed by atoms with Crippen LogP contribution in [0.15, 0.2) is 11.0 Å². The first-order valence-corrected chi connectivity index (χ1v) is 9.90. The Morgan fingerprint density at radius 1 is 1.33 bits per heavy atom. The number of piperidine rings is 1. The van der Waals surface area contributed by atoms with Gasteiger partial charge in [0.05, 0.1) is 17.0 Å². The van der Waals surface area contributed by atoms with Crippen molar-refractivity contribution >= 4 is 5.91 Å². The van der Waals surface area contributed by atoms with Crippen molar-refractivity contribution < 1.29 is 4.79 Å². The summed E-state index contributed by atoms with van der Waals surface area (Å²) in [5.41, 5.74) is 3.10. The van der Waals surface area contributed by atoms with E-state index in [1.54, 1.807) is 10.9 Å². The summed E-state index contributed by atoms with van der Waals surface area (Å²) in [5.74, 6) is 1.31. The van der Waals surface area contributed by atoms with Crippen LogP contribution in [0.5, 0.6) is 0 Å². The summed E-state index contributed by atoms with van der Waals surface area (Å²) < 4.78 is 1.69. The van der Waals surface area contributed by atoms with E-state index in [1.165, 1.54) is 0 Å². The summed E-state index contributed by atoms with van der Waals surface area (Å²) >= 11 is 0. The number of rotatable bonds is 2. The molecule has 5 rings (SSSR count). The number of fused-ring (bicyclic) bond motifs is 2. The normalized spacial score (nSPS) is 24.4. The first-order chi connectivity index (χ1) is 13.0. The average molecular weight is 367 g/mol. The van der Waals surface area contributed by atoms with Crippen molar-refractivity contribution in [2.75, 3.05) is 13.1 Å². The van der Waals surface area contributed by atoms with Crippen LogP contribution in [0.2, 0.25) is 0 Å². The smallest absolute Gasteiger partial charge is 0.257 e. The van der Waals surface area contributed by atoms with E-state index in [1.807, 2.05) is 18.9 Å². The Bertz CT molecular complexity index is 987. The van der Waals surface area contributed by atoms with Crippen molar-refractivity contribution in [2.24, 2.45) is 7.05 Å². The third-order valence-electron chi connectivity index (χ3n) is 6.46. The zero-order chi connectivity index (χ0) is 18.8. The molecule has 1 N–H and O–H groups in total. The van der Waals surface area contributed by atoms with Gasteiger partial charge in [-0.1, -0.05) is 0 Å². The Balaban J connectivity index is 1.49. The van der Waals surface area contributed by atoms with E-state index < -0.39 is 0 Å². The topological polar surface area (TPSA) is 83.9 Å². The van der Waals surface area contributed by atoms with E-state index >= 15 is 0 Å². The maximum atomic E-state index is 13.1. The van der Waals surface area contributed by atoms with Gasteiger partial charge >= 0.3 is 0 Å². The van der Waals surface area contributed by atoms with Crippen LogP contribution < -0.4 is 5.56 Å². The highest BCUT2D eigenvalue weighted by Crippen LogP contribution is 2.45. The zero-order valence-electron chi connectivity index (χ0n) is 15.9. The molecule has 1 unspecified atom stereocenters. The molecule has 1 atom stereocenters. The van der Waals surface area contributed by atoms with Crippen molar-refractivity contribution in [1.82, 2.24) is 24.6 Å². The summed E-state index contributed by atoms with van der Waals surface area (Å²) in [5, 5.41) is 4.31. The molecule has 0 radical (unpaired) electrons. The Labute approximate surface area is 157 Å². The van der Waals surface area contributed by atoms with Gasteiger partial charge in [-0.15, -0.1) is 0 Å². The number of likely N-dealkylation sites (tertiary alicyclic amines) is 1. The molecule has 0 bridgehead atoms. The van der Waals surface area contributed by atoms with Gasteiger partial charge in [0.15, 0.2) is 0 Å². The van der Waals surface area contributed by atoms with Gasteiger partial charge in [-0.3, -0.25) is 14.3 Å². The monoisotopic (exact) mass is 367 g/mol. The third-order valence-corrected chi connectivity index (χ3v) is 6.46. The molecular weight excluding hydrogens is 342 g/mol. The van der Waals surface area contributed by atoms with E-state index in [2.05, 4.69) is 10.1 Å². The highest BCUT2D eigenvalue weighted by atomic mass is 16.2. The number of aryl methyl sites for hydroxylation is 2. The number of aromatic nitrogens is 4. The van der Waals surface area contributed by atoms with Gasteiger partial charge in [-0.2, -0.15) is 5.10 Å². The fourth-order valence-corrected chi connectivity index (χ4v) is 4.90. The second kappa shape index (κ2) is 5.78. The molecule has 1 amide bonds. The quantitative estimate of drug-likeness (QED) is 0.877. The Kier molecular flexibility index (Phi) is 3.58. The van der Waals surface area contributed by atoms with Gasteiger partial charge in [0, 0.05) is 43.2 Å². The molecule has 7 nitrogen and oxygen atoms in total. The molecule has 2 aromatic heterocycles. The number of nitrogens with one attached hydrogen (secondary N) is 1. The number of hydrogen-bond acceptors (Lipinski definition) is 4. The Morgan fingerprint density at radius 3 is 2.85 bits per heavy atom. The molecule has 1 saturated heterocycles. The second-order valence-electron chi connectivity index (χ2n) is 8.47. The van der Waals surface area contributed by atoms with Crippen molar-refractivity contribution in [3.05, 3.63) is 44.9 Å². The van der Waals surface area contributed by atoms with E-state index in [4.69, 9.17) is 4.98 Å².